The number of carbonyl (C=O) groups excluding carboxylic acids is 1. The molecule has 2 aromatic rings. The molecule has 0 saturated heterocycles. The van der Waals surface area contributed by atoms with E-state index in [1.165, 1.54) is 0 Å². The highest BCUT2D eigenvalue weighted by atomic mass is 35.5. The van der Waals surface area contributed by atoms with Crippen molar-refractivity contribution in [3.05, 3.63) is 53.1 Å². The van der Waals surface area contributed by atoms with Crippen molar-refractivity contribution in [2.45, 2.75) is 6.92 Å². The van der Waals surface area contributed by atoms with Crippen molar-refractivity contribution in [3.63, 3.8) is 0 Å². The van der Waals surface area contributed by atoms with Crippen LogP contribution < -0.4 is 4.74 Å². The first-order valence-electron chi connectivity index (χ1n) is 7.21. The molecule has 23 heavy (non-hydrogen) atoms. The second-order valence-corrected chi connectivity index (χ2v) is 5.50. The minimum Gasteiger partial charge on any atom is -0.484 e. The average Bonchev–Trinajstić information content (AvgIpc) is 2.58. The minimum atomic E-state index is -0.0968. The molecule has 2 aromatic carbocycles. The molecule has 0 heterocycles. The molecule has 0 aliphatic rings. The number of nitriles is 1. The Morgan fingerprint density at radius 2 is 2.04 bits per heavy atom. The summed E-state index contributed by atoms with van der Waals surface area (Å²) in [6, 6.07) is 14.6. The lowest BCUT2D eigenvalue weighted by molar-refractivity contribution is -0.131. The smallest absolute Gasteiger partial charge is 0.260 e. The van der Waals surface area contributed by atoms with Gasteiger partial charge in [0.15, 0.2) is 6.61 Å². The Hall–Kier alpha value is -2.51. The van der Waals surface area contributed by atoms with Crippen molar-refractivity contribution >= 4 is 17.5 Å². The predicted molar refractivity (Wildman–Crippen MR) is 90.4 cm³/mol. The van der Waals surface area contributed by atoms with Crippen LogP contribution in [0.3, 0.4) is 0 Å². The fourth-order valence-corrected chi connectivity index (χ4v) is 2.24. The number of amides is 1. The van der Waals surface area contributed by atoms with Crippen LogP contribution in [0.15, 0.2) is 42.5 Å². The highest BCUT2D eigenvalue weighted by molar-refractivity contribution is 6.31. The van der Waals surface area contributed by atoms with Crippen LogP contribution in [0.4, 0.5) is 0 Å². The molecule has 0 bridgehead atoms. The van der Waals surface area contributed by atoms with Gasteiger partial charge in [-0.05, 0) is 48.4 Å². The van der Waals surface area contributed by atoms with Gasteiger partial charge >= 0.3 is 0 Å². The first kappa shape index (κ1) is 16.9. The molecule has 0 radical (unpaired) electrons. The first-order valence-corrected chi connectivity index (χ1v) is 7.59. The van der Waals surface area contributed by atoms with Crippen molar-refractivity contribution in [3.8, 4) is 22.9 Å². The van der Waals surface area contributed by atoms with Crippen LogP contribution in [0.5, 0.6) is 5.75 Å². The molecule has 118 valence electrons. The van der Waals surface area contributed by atoms with E-state index < -0.39 is 0 Å². The van der Waals surface area contributed by atoms with E-state index in [4.69, 9.17) is 21.6 Å². The Balaban J connectivity index is 2.22. The van der Waals surface area contributed by atoms with Crippen LogP contribution in [-0.2, 0) is 4.79 Å². The van der Waals surface area contributed by atoms with E-state index in [2.05, 4.69) is 6.07 Å². The molecule has 0 N–H and O–H groups in total. The zero-order valence-electron chi connectivity index (χ0n) is 13.0. The summed E-state index contributed by atoms with van der Waals surface area (Å²) in [6.07, 6.45) is 0. The lowest BCUT2D eigenvalue weighted by Gasteiger charge is -2.15. The Morgan fingerprint density at radius 1 is 1.26 bits per heavy atom. The Morgan fingerprint density at radius 3 is 2.74 bits per heavy atom. The van der Waals surface area contributed by atoms with Gasteiger partial charge in [0.05, 0.1) is 11.6 Å². The van der Waals surface area contributed by atoms with E-state index >= 15 is 0 Å². The van der Waals surface area contributed by atoms with Gasteiger partial charge in [0.2, 0.25) is 0 Å². The maximum absolute atomic E-state index is 11.8. The van der Waals surface area contributed by atoms with Gasteiger partial charge in [0.1, 0.15) is 5.75 Å². The summed E-state index contributed by atoms with van der Waals surface area (Å²) >= 11 is 6.14. The number of nitrogens with zero attached hydrogens (tertiary/aromatic N) is 2. The van der Waals surface area contributed by atoms with Gasteiger partial charge in [-0.1, -0.05) is 23.7 Å². The normalized spacial score (nSPS) is 10.0. The van der Waals surface area contributed by atoms with E-state index in [1.807, 2.05) is 25.1 Å². The van der Waals surface area contributed by atoms with Gasteiger partial charge < -0.3 is 9.64 Å². The molecule has 0 aromatic heterocycles. The summed E-state index contributed by atoms with van der Waals surface area (Å²) in [5.74, 6) is 0.424. The molecule has 1 amide bonds. The number of hydrogen-bond acceptors (Lipinski definition) is 3. The highest BCUT2D eigenvalue weighted by Gasteiger charge is 2.09. The van der Waals surface area contributed by atoms with Gasteiger partial charge in [-0.3, -0.25) is 4.79 Å². The third-order valence-electron chi connectivity index (χ3n) is 3.46. The molecule has 4 nitrogen and oxygen atoms in total. The zero-order chi connectivity index (χ0) is 16.8. The Kier molecular flexibility index (Phi) is 5.61. The van der Waals surface area contributed by atoms with Crippen molar-refractivity contribution < 1.29 is 9.53 Å². The lowest BCUT2D eigenvalue weighted by atomic mass is 10.0. The summed E-state index contributed by atoms with van der Waals surface area (Å²) in [4.78, 5) is 13.4. The monoisotopic (exact) mass is 328 g/mol. The predicted octanol–water partition coefficient (Wildman–Crippen LogP) is 3.74. The number of carbonyl (C=O) groups is 1. The van der Waals surface area contributed by atoms with Gasteiger partial charge in [-0.25, -0.2) is 0 Å². The fourth-order valence-electron chi connectivity index (χ4n) is 2.01. The Labute approximate surface area is 140 Å². The summed E-state index contributed by atoms with van der Waals surface area (Å²) in [6.45, 7) is 2.49. The van der Waals surface area contributed by atoms with Crippen LogP contribution in [0.1, 0.15) is 12.5 Å². The van der Waals surface area contributed by atoms with Crippen LogP contribution >= 0.6 is 11.6 Å². The molecule has 0 aliphatic heterocycles. The quantitative estimate of drug-likeness (QED) is 0.840. The third-order valence-corrected chi connectivity index (χ3v) is 3.68. The van der Waals surface area contributed by atoms with Crippen molar-refractivity contribution in [1.82, 2.24) is 4.90 Å². The molecule has 0 spiro atoms. The summed E-state index contributed by atoms with van der Waals surface area (Å²) in [5.41, 5.74) is 2.28. The molecule has 0 aliphatic carbocycles. The summed E-state index contributed by atoms with van der Waals surface area (Å²) in [7, 11) is 1.72. The molecular formula is C18H17ClN2O2. The zero-order valence-corrected chi connectivity index (χ0v) is 13.8. The SMILES string of the molecule is CCN(C)C(=O)COc1cc(Cl)cc(-c2cccc(C#N)c2)c1. The first-order chi connectivity index (χ1) is 11.0. The van der Waals surface area contributed by atoms with E-state index in [9.17, 15) is 4.79 Å². The van der Waals surface area contributed by atoms with Crippen LogP contribution in [-0.4, -0.2) is 31.0 Å². The third kappa shape index (κ3) is 4.48. The topological polar surface area (TPSA) is 53.3 Å². The van der Waals surface area contributed by atoms with Gasteiger partial charge in [0.25, 0.3) is 5.91 Å². The molecule has 0 saturated carbocycles. The van der Waals surface area contributed by atoms with Gasteiger partial charge in [0, 0.05) is 18.6 Å². The summed E-state index contributed by atoms with van der Waals surface area (Å²) in [5, 5.41) is 9.51. The molecule has 0 fully saturated rings. The standard InChI is InChI=1S/C18H17ClN2O2/c1-3-21(2)18(22)12-23-17-9-15(8-16(19)10-17)14-6-4-5-13(7-14)11-20/h4-10H,3,12H2,1-2H3. The number of rotatable bonds is 5. The number of halogens is 1. The number of benzene rings is 2. The minimum absolute atomic E-state index is 0.0393. The number of ether oxygens (including phenoxy) is 1. The van der Waals surface area contributed by atoms with E-state index in [1.54, 1.807) is 36.2 Å². The van der Waals surface area contributed by atoms with Crippen LogP contribution in [0, 0.1) is 11.3 Å². The Bertz CT molecular complexity index is 753. The second kappa shape index (κ2) is 7.66. The fraction of sp³-hybridized carbons (Fsp3) is 0.222. The van der Waals surface area contributed by atoms with Crippen LogP contribution in [0.2, 0.25) is 5.02 Å². The van der Waals surface area contributed by atoms with Crippen molar-refractivity contribution in [1.29, 1.82) is 5.26 Å². The molecule has 0 atom stereocenters. The number of hydrogen-bond donors (Lipinski definition) is 0. The lowest BCUT2D eigenvalue weighted by Crippen LogP contribution is -2.31. The molecule has 5 heteroatoms. The van der Waals surface area contributed by atoms with E-state index in [0.717, 1.165) is 11.1 Å². The van der Waals surface area contributed by atoms with E-state index in [0.29, 0.717) is 22.9 Å². The second-order valence-electron chi connectivity index (χ2n) is 5.06. The summed E-state index contributed by atoms with van der Waals surface area (Å²) < 4.78 is 5.55. The van der Waals surface area contributed by atoms with Gasteiger partial charge in [-0.15, -0.1) is 0 Å². The highest BCUT2D eigenvalue weighted by Crippen LogP contribution is 2.29. The van der Waals surface area contributed by atoms with Gasteiger partial charge in [-0.2, -0.15) is 5.26 Å². The average molecular weight is 329 g/mol. The van der Waals surface area contributed by atoms with Crippen molar-refractivity contribution in [2.24, 2.45) is 0 Å². The van der Waals surface area contributed by atoms with Crippen molar-refractivity contribution in [2.75, 3.05) is 20.2 Å². The number of likely N-dealkylation sites (N-methyl/N-ethyl adjacent to an activating group) is 1. The maximum Gasteiger partial charge on any atom is 0.260 e. The molecular weight excluding hydrogens is 312 g/mol. The molecule has 2 rings (SSSR count). The largest absolute Gasteiger partial charge is 0.484 e. The molecule has 0 unspecified atom stereocenters. The van der Waals surface area contributed by atoms with E-state index in [-0.39, 0.29) is 12.5 Å². The van der Waals surface area contributed by atoms with Crippen LogP contribution in [0.25, 0.3) is 11.1 Å². The maximum atomic E-state index is 11.8.